The Balaban J connectivity index is 2.45. The summed E-state index contributed by atoms with van der Waals surface area (Å²) in [5.74, 6) is 0. The molecule has 0 spiro atoms. The van der Waals surface area contributed by atoms with Crippen molar-refractivity contribution < 1.29 is 18.4 Å². The normalized spacial score (nSPS) is 23.9. The summed E-state index contributed by atoms with van der Waals surface area (Å²) >= 11 is 0. The Labute approximate surface area is 117 Å². The van der Waals surface area contributed by atoms with E-state index in [0.29, 0.717) is 12.0 Å². The van der Waals surface area contributed by atoms with Crippen LogP contribution in [0, 0.1) is 17.0 Å². The van der Waals surface area contributed by atoms with Crippen molar-refractivity contribution in [2.75, 3.05) is 13.1 Å². The number of non-ortho nitro benzene ring substituents is 1. The van der Waals surface area contributed by atoms with Crippen molar-refractivity contribution in [2.24, 2.45) is 0 Å². The van der Waals surface area contributed by atoms with E-state index in [2.05, 4.69) is 0 Å². The van der Waals surface area contributed by atoms with E-state index in [1.165, 1.54) is 16.4 Å². The van der Waals surface area contributed by atoms with E-state index in [9.17, 15) is 23.6 Å². The number of nitro groups is 1. The molecule has 2 rings (SSSR count). The predicted molar refractivity (Wildman–Crippen MR) is 71.8 cm³/mol. The van der Waals surface area contributed by atoms with E-state index in [0.717, 1.165) is 6.07 Å². The zero-order valence-corrected chi connectivity index (χ0v) is 12.1. The highest BCUT2D eigenvalue weighted by Gasteiger charge is 2.39. The second-order valence-electron chi connectivity index (χ2n) is 5.29. The fourth-order valence-electron chi connectivity index (χ4n) is 2.23. The first kappa shape index (κ1) is 14.9. The lowest BCUT2D eigenvalue weighted by Crippen LogP contribution is -2.34. The summed E-state index contributed by atoms with van der Waals surface area (Å²) in [4.78, 5) is 10.1. The summed E-state index contributed by atoms with van der Waals surface area (Å²) in [7, 11) is -3.83. The average molecular weight is 300 g/mol. The number of nitrogens with zero attached hydrogens (tertiary/aromatic N) is 2. The van der Waals surface area contributed by atoms with E-state index >= 15 is 0 Å². The minimum atomic E-state index is -3.83. The molecule has 1 saturated heterocycles. The number of hydrogen-bond donors (Lipinski definition) is 1. The SMILES string of the molecule is Cc1ccc([N+](=O)[O-])cc1S(=O)(=O)N1CCC(C)(O)C1. The molecule has 1 N–H and O–H groups in total. The average Bonchev–Trinajstić information content (AvgIpc) is 2.70. The Morgan fingerprint density at radius 3 is 2.60 bits per heavy atom. The summed E-state index contributed by atoms with van der Waals surface area (Å²) in [5.41, 5.74) is -0.871. The topological polar surface area (TPSA) is 101 Å². The molecule has 20 heavy (non-hydrogen) atoms. The van der Waals surface area contributed by atoms with Crippen LogP contribution in [0.5, 0.6) is 0 Å². The van der Waals surface area contributed by atoms with Crippen molar-refractivity contribution in [3.05, 3.63) is 33.9 Å². The van der Waals surface area contributed by atoms with E-state index in [-0.39, 0.29) is 23.7 Å². The van der Waals surface area contributed by atoms with Crippen molar-refractivity contribution in [2.45, 2.75) is 30.8 Å². The number of nitro benzene ring substituents is 1. The molecule has 1 atom stereocenters. The predicted octanol–water partition coefficient (Wildman–Crippen LogP) is 1.05. The van der Waals surface area contributed by atoms with Crippen LogP contribution >= 0.6 is 0 Å². The summed E-state index contributed by atoms with van der Waals surface area (Å²) in [5, 5.41) is 20.6. The van der Waals surface area contributed by atoms with Crippen LogP contribution in [-0.2, 0) is 10.0 Å². The van der Waals surface area contributed by atoms with Gasteiger partial charge in [-0.2, -0.15) is 4.31 Å². The minimum Gasteiger partial charge on any atom is -0.389 e. The van der Waals surface area contributed by atoms with E-state index in [4.69, 9.17) is 0 Å². The molecule has 0 amide bonds. The first-order chi connectivity index (χ1) is 9.13. The van der Waals surface area contributed by atoms with Crippen molar-refractivity contribution >= 4 is 15.7 Å². The monoisotopic (exact) mass is 300 g/mol. The molecular formula is C12H16N2O5S. The van der Waals surface area contributed by atoms with Crippen LogP contribution in [0.15, 0.2) is 23.1 Å². The Kier molecular flexibility index (Phi) is 3.57. The number of β-amino-alcohol motifs (C(OH)–C–C–N with tert-alkyl or cyclic N) is 1. The lowest BCUT2D eigenvalue weighted by Gasteiger charge is -2.19. The lowest BCUT2D eigenvalue weighted by atomic mass is 10.1. The highest BCUT2D eigenvalue weighted by Crippen LogP contribution is 2.30. The van der Waals surface area contributed by atoms with Crippen LogP contribution in [0.4, 0.5) is 5.69 Å². The van der Waals surface area contributed by atoms with Gasteiger partial charge in [0, 0.05) is 25.2 Å². The third-order valence-electron chi connectivity index (χ3n) is 3.42. The quantitative estimate of drug-likeness (QED) is 0.664. The summed E-state index contributed by atoms with van der Waals surface area (Å²) in [6, 6.07) is 3.76. The van der Waals surface area contributed by atoms with Gasteiger partial charge < -0.3 is 5.11 Å². The second kappa shape index (κ2) is 4.80. The van der Waals surface area contributed by atoms with Crippen LogP contribution in [0.25, 0.3) is 0 Å². The Bertz CT molecular complexity index is 654. The van der Waals surface area contributed by atoms with Gasteiger partial charge in [0.25, 0.3) is 5.69 Å². The van der Waals surface area contributed by atoms with Crippen LogP contribution in [-0.4, -0.2) is 41.4 Å². The Morgan fingerprint density at radius 1 is 1.45 bits per heavy atom. The summed E-state index contributed by atoms with van der Waals surface area (Å²) < 4.78 is 26.2. The first-order valence-electron chi connectivity index (χ1n) is 6.11. The zero-order valence-electron chi connectivity index (χ0n) is 11.2. The lowest BCUT2D eigenvalue weighted by molar-refractivity contribution is -0.385. The molecule has 1 unspecified atom stereocenters. The molecule has 1 aliphatic heterocycles. The van der Waals surface area contributed by atoms with Crippen LogP contribution in [0.2, 0.25) is 0 Å². The van der Waals surface area contributed by atoms with Gasteiger partial charge in [0.1, 0.15) is 0 Å². The van der Waals surface area contributed by atoms with E-state index < -0.39 is 20.5 Å². The van der Waals surface area contributed by atoms with Gasteiger partial charge in [-0.15, -0.1) is 0 Å². The Morgan fingerprint density at radius 2 is 2.10 bits per heavy atom. The largest absolute Gasteiger partial charge is 0.389 e. The van der Waals surface area contributed by atoms with Crippen LogP contribution < -0.4 is 0 Å². The van der Waals surface area contributed by atoms with Crippen LogP contribution in [0.1, 0.15) is 18.9 Å². The number of aryl methyl sites for hydroxylation is 1. The fraction of sp³-hybridized carbons (Fsp3) is 0.500. The molecule has 1 fully saturated rings. The van der Waals surface area contributed by atoms with Gasteiger partial charge >= 0.3 is 0 Å². The van der Waals surface area contributed by atoms with Gasteiger partial charge in [-0.05, 0) is 25.8 Å². The summed E-state index contributed by atoms with van der Waals surface area (Å²) in [6.07, 6.45) is 0.347. The third kappa shape index (κ3) is 2.67. The number of benzene rings is 1. The van der Waals surface area contributed by atoms with E-state index in [1.54, 1.807) is 13.8 Å². The molecule has 8 heteroatoms. The molecule has 110 valence electrons. The maximum atomic E-state index is 12.5. The molecule has 0 bridgehead atoms. The molecular weight excluding hydrogens is 284 g/mol. The van der Waals surface area contributed by atoms with Gasteiger partial charge in [0.2, 0.25) is 10.0 Å². The van der Waals surface area contributed by atoms with Gasteiger partial charge in [-0.1, -0.05) is 6.07 Å². The number of rotatable bonds is 3. The molecule has 0 aromatic heterocycles. The maximum absolute atomic E-state index is 12.5. The highest BCUT2D eigenvalue weighted by atomic mass is 32.2. The van der Waals surface area contributed by atoms with Gasteiger partial charge in [-0.25, -0.2) is 8.42 Å². The molecule has 1 aromatic rings. The third-order valence-corrected chi connectivity index (χ3v) is 5.40. The number of hydrogen-bond acceptors (Lipinski definition) is 5. The molecule has 0 aliphatic carbocycles. The van der Waals surface area contributed by atoms with Crippen molar-refractivity contribution in [1.29, 1.82) is 0 Å². The molecule has 0 radical (unpaired) electrons. The van der Waals surface area contributed by atoms with E-state index in [1.807, 2.05) is 0 Å². The molecule has 0 saturated carbocycles. The van der Waals surface area contributed by atoms with Gasteiger partial charge in [0.15, 0.2) is 0 Å². The second-order valence-corrected chi connectivity index (χ2v) is 7.20. The van der Waals surface area contributed by atoms with Gasteiger partial charge in [-0.3, -0.25) is 10.1 Å². The van der Waals surface area contributed by atoms with Crippen molar-refractivity contribution in [3.8, 4) is 0 Å². The first-order valence-corrected chi connectivity index (χ1v) is 7.55. The Hall–Kier alpha value is -1.51. The standard InChI is InChI=1S/C12H16N2O5S/c1-9-3-4-10(14(16)17)7-11(9)20(18,19)13-6-5-12(2,15)8-13/h3-4,7,15H,5-6,8H2,1-2H3. The zero-order chi connectivity index (χ0) is 15.1. The van der Waals surface area contributed by atoms with Crippen LogP contribution in [0.3, 0.4) is 0 Å². The van der Waals surface area contributed by atoms with Gasteiger partial charge in [0.05, 0.1) is 15.4 Å². The smallest absolute Gasteiger partial charge is 0.270 e. The molecule has 1 aromatic carbocycles. The van der Waals surface area contributed by atoms with Crippen molar-refractivity contribution in [1.82, 2.24) is 4.31 Å². The fourth-order valence-corrected chi connectivity index (χ4v) is 4.03. The number of sulfonamides is 1. The maximum Gasteiger partial charge on any atom is 0.270 e. The molecule has 1 aliphatic rings. The van der Waals surface area contributed by atoms with Crippen molar-refractivity contribution in [3.63, 3.8) is 0 Å². The minimum absolute atomic E-state index is 0.00251. The summed E-state index contributed by atoms with van der Waals surface area (Å²) in [6.45, 7) is 3.36. The molecule has 7 nitrogen and oxygen atoms in total. The number of aliphatic hydroxyl groups is 1. The molecule has 1 heterocycles. The highest BCUT2D eigenvalue weighted by molar-refractivity contribution is 7.89.